The molecule has 16 heavy (non-hydrogen) atoms. The van der Waals surface area contributed by atoms with Crippen molar-refractivity contribution in [3.63, 3.8) is 0 Å². The van der Waals surface area contributed by atoms with Crippen molar-refractivity contribution in [2.75, 3.05) is 19.8 Å². The van der Waals surface area contributed by atoms with Gasteiger partial charge in [0.05, 0.1) is 6.61 Å². The molecule has 1 aliphatic heterocycles. The summed E-state index contributed by atoms with van der Waals surface area (Å²) in [6, 6.07) is 0.170. The maximum absolute atomic E-state index is 11.4. The smallest absolute Gasteiger partial charge is 0.305 e. The van der Waals surface area contributed by atoms with Crippen LogP contribution in [0, 0.1) is 5.92 Å². The Morgan fingerprint density at radius 3 is 2.81 bits per heavy atom. The first-order valence-corrected chi connectivity index (χ1v) is 6.17. The fourth-order valence-electron chi connectivity index (χ4n) is 1.76. The quantitative estimate of drug-likeness (QED) is 0.701. The molecule has 2 N–H and O–H groups in total. The van der Waals surface area contributed by atoms with Crippen LogP contribution in [0.1, 0.15) is 39.0 Å². The van der Waals surface area contributed by atoms with E-state index in [0.717, 1.165) is 38.9 Å². The van der Waals surface area contributed by atoms with Gasteiger partial charge in [0.25, 0.3) is 0 Å². The Bertz CT molecular complexity index is 200. The SMILES string of the molecule is CC(N)CCCC(=O)OCC1CCOCC1. The van der Waals surface area contributed by atoms with Gasteiger partial charge in [0.15, 0.2) is 0 Å². The average molecular weight is 229 g/mol. The molecule has 1 heterocycles. The molecule has 1 fully saturated rings. The highest BCUT2D eigenvalue weighted by molar-refractivity contribution is 5.69. The monoisotopic (exact) mass is 229 g/mol. The highest BCUT2D eigenvalue weighted by Gasteiger charge is 2.15. The molecule has 1 atom stereocenters. The minimum atomic E-state index is -0.0906. The zero-order chi connectivity index (χ0) is 11.8. The fourth-order valence-corrected chi connectivity index (χ4v) is 1.76. The van der Waals surface area contributed by atoms with Gasteiger partial charge in [-0.05, 0) is 38.5 Å². The molecule has 0 amide bonds. The molecule has 1 saturated heterocycles. The fraction of sp³-hybridized carbons (Fsp3) is 0.917. The molecular formula is C12H23NO3. The molecule has 0 aliphatic carbocycles. The van der Waals surface area contributed by atoms with Crippen molar-refractivity contribution in [2.24, 2.45) is 11.7 Å². The van der Waals surface area contributed by atoms with Gasteiger partial charge in [0.2, 0.25) is 0 Å². The minimum absolute atomic E-state index is 0.0906. The lowest BCUT2D eigenvalue weighted by Gasteiger charge is -2.21. The Morgan fingerprint density at radius 2 is 2.19 bits per heavy atom. The Labute approximate surface area is 97.5 Å². The van der Waals surface area contributed by atoms with Crippen molar-refractivity contribution in [1.29, 1.82) is 0 Å². The van der Waals surface area contributed by atoms with E-state index in [2.05, 4.69) is 0 Å². The van der Waals surface area contributed by atoms with Crippen molar-refractivity contribution in [3.05, 3.63) is 0 Å². The lowest BCUT2D eigenvalue weighted by Crippen LogP contribution is -2.22. The van der Waals surface area contributed by atoms with Gasteiger partial charge < -0.3 is 15.2 Å². The molecule has 0 bridgehead atoms. The van der Waals surface area contributed by atoms with E-state index in [9.17, 15) is 4.79 Å². The number of rotatable bonds is 6. The number of hydrogen-bond donors (Lipinski definition) is 1. The van der Waals surface area contributed by atoms with Gasteiger partial charge in [-0.3, -0.25) is 4.79 Å². The normalized spacial score (nSPS) is 19.4. The number of carbonyl (C=O) groups excluding carboxylic acids is 1. The van der Waals surface area contributed by atoms with E-state index in [0.29, 0.717) is 18.9 Å². The largest absolute Gasteiger partial charge is 0.465 e. The third-order valence-electron chi connectivity index (χ3n) is 2.86. The van der Waals surface area contributed by atoms with Gasteiger partial charge in [-0.1, -0.05) is 0 Å². The van der Waals surface area contributed by atoms with Crippen molar-refractivity contribution >= 4 is 5.97 Å². The predicted octanol–water partition coefficient (Wildman–Crippen LogP) is 1.47. The Balaban J connectivity index is 2.00. The van der Waals surface area contributed by atoms with Crippen LogP contribution in [0.3, 0.4) is 0 Å². The van der Waals surface area contributed by atoms with E-state index >= 15 is 0 Å². The Morgan fingerprint density at radius 1 is 1.50 bits per heavy atom. The highest BCUT2D eigenvalue weighted by atomic mass is 16.5. The summed E-state index contributed by atoms with van der Waals surface area (Å²) in [6.45, 7) is 4.10. The second-order valence-corrected chi connectivity index (χ2v) is 4.61. The summed E-state index contributed by atoms with van der Waals surface area (Å²) in [7, 11) is 0. The van der Waals surface area contributed by atoms with Gasteiger partial charge in [0, 0.05) is 25.7 Å². The topological polar surface area (TPSA) is 61.6 Å². The summed E-state index contributed by atoms with van der Waals surface area (Å²) < 4.78 is 10.5. The first-order valence-electron chi connectivity index (χ1n) is 6.17. The van der Waals surface area contributed by atoms with Crippen LogP contribution in [-0.2, 0) is 14.3 Å². The Kier molecular flexibility index (Phi) is 6.42. The summed E-state index contributed by atoms with van der Waals surface area (Å²) in [5.41, 5.74) is 5.60. The van der Waals surface area contributed by atoms with Crippen LogP contribution < -0.4 is 5.73 Å². The number of hydrogen-bond acceptors (Lipinski definition) is 4. The van der Waals surface area contributed by atoms with Gasteiger partial charge in [-0.2, -0.15) is 0 Å². The minimum Gasteiger partial charge on any atom is -0.465 e. The van der Waals surface area contributed by atoms with Crippen LogP contribution in [0.15, 0.2) is 0 Å². The van der Waals surface area contributed by atoms with Crippen LogP contribution in [-0.4, -0.2) is 31.8 Å². The van der Waals surface area contributed by atoms with Crippen LogP contribution in [0.2, 0.25) is 0 Å². The maximum Gasteiger partial charge on any atom is 0.305 e. The number of ether oxygens (including phenoxy) is 2. The van der Waals surface area contributed by atoms with Crippen molar-refractivity contribution in [1.82, 2.24) is 0 Å². The molecule has 1 aliphatic rings. The number of nitrogens with two attached hydrogens (primary N) is 1. The first kappa shape index (κ1) is 13.5. The van der Waals surface area contributed by atoms with Crippen LogP contribution >= 0.6 is 0 Å². The summed E-state index contributed by atoms with van der Waals surface area (Å²) in [4.78, 5) is 11.4. The van der Waals surface area contributed by atoms with Crippen LogP contribution in [0.25, 0.3) is 0 Å². The lowest BCUT2D eigenvalue weighted by molar-refractivity contribution is -0.146. The van der Waals surface area contributed by atoms with E-state index < -0.39 is 0 Å². The molecule has 1 unspecified atom stereocenters. The van der Waals surface area contributed by atoms with Gasteiger partial charge in [-0.25, -0.2) is 0 Å². The van der Waals surface area contributed by atoms with E-state index in [1.807, 2.05) is 6.92 Å². The molecule has 94 valence electrons. The molecule has 4 nitrogen and oxygen atoms in total. The second-order valence-electron chi connectivity index (χ2n) is 4.61. The lowest BCUT2D eigenvalue weighted by atomic mass is 10.0. The van der Waals surface area contributed by atoms with Crippen molar-refractivity contribution in [3.8, 4) is 0 Å². The molecule has 0 radical (unpaired) electrons. The molecule has 4 heteroatoms. The zero-order valence-electron chi connectivity index (χ0n) is 10.1. The number of esters is 1. The van der Waals surface area contributed by atoms with Crippen LogP contribution in [0.4, 0.5) is 0 Å². The standard InChI is InChI=1S/C12H23NO3/c1-10(13)3-2-4-12(14)16-9-11-5-7-15-8-6-11/h10-11H,2-9,13H2,1H3. The third kappa shape index (κ3) is 6.08. The molecule has 0 spiro atoms. The molecule has 0 aromatic rings. The molecule has 1 rings (SSSR count). The predicted molar refractivity (Wildman–Crippen MR) is 62.0 cm³/mol. The average Bonchev–Trinajstić information content (AvgIpc) is 2.27. The molecule has 0 saturated carbocycles. The zero-order valence-corrected chi connectivity index (χ0v) is 10.1. The van der Waals surface area contributed by atoms with Gasteiger partial charge >= 0.3 is 5.97 Å². The Hall–Kier alpha value is -0.610. The maximum atomic E-state index is 11.4. The van der Waals surface area contributed by atoms with Crippen molar-refractivity contribution < 1.29 is 14.3 Å². The highest BCUT2D eigenvalue weighted by Crippen LogP contribution is 2.15. The van der Waals surface area contributed by atoms with E-state index in [1.165, 1.54) is 0 Å². The molecule has 0 aromatic heterocycles. The van der Waals surface area contributed by atoms with E-state index in [4.69, 9.17) is 15.2 Å². The van der Waals surface area contributed by atoms with Gasteiger partial charge in [0.1, 0.15) is 0 Å². The third-order valence-corrected chi connectivity index (χ3v) is 2.86. The van der Waals surface area contributed by atoms with Crippen molar-refractivity contribution in [2.45, 2.75) is 45.1 Å². The summed E-state index contributed by atoms with van der Waals surface area (Å²) >= 11 is 0. The first-order chi connectivity index (χ1) is 7.68. The molecular weight excluding hydrogens is 206 g/mol. The summed E-state index contributed by atoms with van der Waals surface area (Å²) in [5.74, 6) is 0.401. The van der Waals surface area contributed by atoms with E-state index in [-0.39, 0.29) is 12.0 Å². The molecule has 0 aromatic carbocycles. The second kappa shape index (κ2) is 7.63. The van der Waals surface area contributed by atoms with Gasteiger partial charge in [-0.15, -0.1) is 0 Å². The number of carbonyl (C=O) groups is 1. The summed E-state index contributed by atoms with van der Waals surface area (Å²) in [6.07, 6.45) is 4.21. The van der Waals surface area contributed by atoms with E-state index in [1.54, 1.807) is 0 Å². The van der Waals surface area contributed by atoms with Crippen LogP contribution in [0.5, 0.6) is 0 Å². The summed E-state index contributed by atoms with van der Waals surface area (Å²) in [5, 5.41) is 0.